The molecule has 0 amide bonds. The third-order valence-corrected chi connectivity index (χ3v) is 3.15. The highest BCUT2D eigenvalue weighted by Crippen LogP contribution is 2.20. The summed E-state index contributed by atoms with van der Waals surface area (Å²) in [6.45, 7) is 0.512. The van der Waals surface area contributed by atoms with Crippen LogP contribution in [0.4, 0.5) is 5.82 Å². The van der Waals surface area contributed by atoms with Crippen molar-refractivity contribution in [1.29, 1.82) is 0 Å². The van der Waals surface area contributed by atoms with Crippen molar-refractivity contribution in [2.45, 2.75) is 6.54 Å². The van der Waals surface area contributed by atoms with Gasteiger partial charge in [-0.15, -0.1) is 10.2 Å². The van der Waals surface area contributed by atoms with Crippen molar-refractivity contribution < 1.29 is 0 Å². The molecule has 3 rings (SSSR count). The van der Waals surface area contributed by atoms with E-state index in [1.165, 1.54) is 0 Å². The molecule has 0 aliphatic rings. The van der Waals surface area contributed by atoms with Crippen molar-refractivity contribution in [3.63, 3.8) is 0 Å². The minimum atomic E-state index is 0.393. The van der Waals surface area contributed by atoms with Crippen molar-refractivity contribution in [1.82, 2.24) is 24.7 Å². The average Bonchev–Trinajstić information content (AvgIpc) is 2.91. The Bertz CT molecular complexity index is 740. The van der Waals surface area contributed by atoms with E-state index in [2.05, 4.69) is 25.5 Å². The summed E-state index contributed by atoms with van der Waals surface area (Å²) in [6, 6.07) is 11.4. The predicted molar refractivity (Wildman–Crippen MR) is 80.8 cm³/mol. The fourth-order valence-corrected chi connectivity index (χ4v) is 2.04. The lowest BCUT2D eigenvalue weighted by molar-refractivity contribution is 0.810. The highest BCUT2D eigenvalue weighted by atomic mass is 35.5. The fraction of sp³-hybridized carbons (Fsp3) is 0.143. The molecule has 1 N–H and O–H groups in total. The maximum Gasteiger partial charge on any atom is 0.163 e. The molecule has 6 nitrogen and oxygen atoms in total. The van der Waals surface area contributed by atoms with Crippen LogP contribution in [0.15, 0.2) is 42.7 Å². The highest BCUT2D eigenvalue weighted by molar-refractivity contribution is 6.29. The van der Waals surface area contributed by atoms with E-state index in [0.29, 0.717) is 23.3 Å². The Hall–Kier alpha value is -2.47. The van der Waals surface area contributed by atoms with Crippen LogP contribution in [0.5, 0.6) is 0 Å². The van der Waals surface area contributed by atoms with Crippen LogP contribution < -0.4 is 5.32 Å². The molecule has 0 fully saturated rings. The predicted octanol–water partition coefficient (Wildman–Crippen LogP) is 2.54. The van der Waals surface area contributed by atoms with Gasteiger partial charge in [0.1, 0.15) is 17.3 Å². The minimum absolute atomic E-state index is 0.393. The maximum atomic E-state index is 6.07. The van der Waals surface area contributed by atoms with Gasteiger partial charge in [-0.05, 0) is 0 Å². The third-order valence-electron chi connectivity index (χ3n) is 2.96. The van der Waals surface area contributed by atoms with Gasteiger partial charge < -0.3 is 9.88 Å². The third kappa shape index (κ3) is 3.17. The van der Waals surface area contributed by atoms with E-state index < -0.39 is 0 Å². The second kappa shape index (κ2) is 5.88. The molecule has 0 unspecified atom stereocenters. The zero-order valence-corrected chi connectivity index (χ0v) is 12.1. The molecular formula is C14H13ClN6. The van der Waals surface area contributed by atoms with Crippen LogP contribution in [-0.2, 0) is 13.6 Å². The summed E-state index contributed by atoms with van der Waals surface area (Å²) >= 11 is 6.07. The normalized spacial score (nSPS) is 10.6. The number of benzene rings is 1. The summed E-state index contributed by atoms with van der Waals surface area (Å²) in [7, 11) is 1.89. The summed E-state index contributed by atoms with van der Waals surface area (Å²) in [6.07, 6.45) is 1.65. The van der Waals surface area contributed by atoms with Crippen LogP contribution in [0.3, 0.4) is 0 Å². The number of aryl methyl sites for hydroxylation is 1. The van der Waals surface area contributed by atoms with E-state index in [1.807, 2.05) is 41.9 Å². The van der Waals surface area contributed by atoms with Crippen LogP contribution in [0, 0.1) is 0 Å². The Morgan fingerprint density at radius 3 is 2.71 bits per heavy atom. The number of aromatic nitrogens is 5. The summed E-state index contributed by atoms with van der Waals surface area (Å²) in [5, 5.41) is 11.4. The lowest BCUT2D eigenvalue weighted by atomic mass is 10.2. The summed E-state index contributed by atoms with van der Waals surface area (Å²) in [5.74, 6) is 2.05. The number of rotatable bonds is 4. The van der Waals surface area contributed by atoms with Gasteiger partial charge in [0.2, 0.25) is 0 Å². The minimum Gasteiger partial charge on any atom is -0.363 e. The van der Waals surface area contributed by atoms with Crippen LogP contribution in [0.1, 0.15) is 5.82 Å². The number of halogens is 1. The quantitative estimate of drug-likeness (QED) is 0.750. The lowest BCUT2D eigenvalue weighted by Gasteiger charge is -2.07. The van der Waals surface area contributed by atoms with Gasteiger partial charge in [0, 0.05) is 18.7 Å². The maximum absolute atomic E-state index is 6.07. The van der Waals surface area contributed by atoms with Crippen LogP contribution in [0.2, 0.25) is 5.15 Å². The fourth-order valence-electron chi connectivity index (χ4n) is 1.86. The zero-order chi connectivity index (χ0) is 14.7. The second-order valence-corrected chi connectivity index (χ2v) is 4.86. The number of hydrogen-bond acceptors (Lipinski definition) is 5. The van der Waals surface area contributed by atoms with E-state index in [0.717, 1.165) is 11.4 Å². The largest absolute Gasteiger partial charge is 0.363 e. The molecule has 2 aromatic heterocycles. The van der Waals surface area contributed by atoms with Crippen molar-refractivity contribution in [2.75, 3.05) is 5.32 Å². The van der Waals surface area contributed by atoms with Gasteiger partial charge in [0.05, 0.1) is 6.54 Å². The van der Waals surface area contributed by atoms with E-state index in [4.69, 9.17) is 11.6 Å². The summed E-state index contributed by atoms with van der Waals surface area (Å²) in [5.41, 5.74) is 0.918. The topological polar surface area (TPSA) is 68.5 Å². The molecule has 21 heavy (non-hydrogen) atoms. The van der Waals surface area contributed by atoms with Crippen LogP contribution in [-0.4, -0.2) is 24.7 Å². The Kier molecular flexibility index (Phi) is 3.79. The Morgan fingerprint density at radius 1 is 1.19 bits per heavy atom. The summed E-state index contributed by atoms with van der Waals surface area (Å²) < 4.78 is 1.84. The van der Waals surface area contributed by atoms with E-state index >= 15 is 0 Å². The molecule has 0 bridgehead atoms. The molecule has 0 radical (unpaired) electrons. The summed E-state index contributed by atoms with van der Waals surface area (Å²) in [4.78, 5) is 8.72. The van der Waals surface area contributed by atoms with E-state index in [1.54, 1.807) is 12.4 Å². The molecule has 2 heterocycles. The number of nitrogens with zero attached hydrogens (tertiary/aromatic N) is 5. The molecule has 1 aromatic carbocycles. The number of anilines is 1. The van der Waals surface area contributed by atoms with Crippen molar-refractivity contribution in [3.05, 3.63) is 53.7 Å². The Morgan fingerprint density at radius 2 is 2.00 bits per heavy atom. The van der Waals surface area contributed by atoms with Gasteiger partial charge in [-0.2, -0.15) is 0 Å². The molecule has 3 aromatic rings. The molecule has 0 spiro atoms. The standard InChI is InChI=1S/C14H13ClN6/c1-21-9-17-20-13(21)8-16-12-7-11(15)18-14(19-12)10-5-3-2-4-6-10/h2-7,9H,8H2,1H3,(H,16,18,19). The molecule has 0 saturated heterocycles. The Balaban J connectivity index is 1.83. The highest BCUT2D eigenvalue weighted by Gasteiger charge is 2.07. The molecule has 0 aliphatic heterocycles. The smallest absolute Gasteiger partial charge is 0.163 e. The molecule has 106 valence electrons. The first-order chi connectivity index (χ1) is 10.2. The van der Waals surface area contributed by atoms with Crippen molar-refractivity contribution in [2.24, 2.45) is 7.05 Å². The van der Waals surface area contributed by atoms with Crippen molar-refractivity contribution >= 4 is 17.4 Å². The average molecular weight is 301 g/mol. The first kappa shape index (κ1) is 13.5. The van der Waals surface area contributed by atoms with E-state index in [-0.39, 0.29) is 0 Å². The first-order valence-electron chi connectivity index (χ1n) is 6.39. The number of nitrogens with one attached hydrogen (secondary N) is 1. The molecule has 0 aliphatic carbocycles. The molecular weight excluding hydrogens is 288 g/mol. The zero-order valence-electron chi connectivity index (χ0n) is 11.4. The van der Waals surface area contributed by atoms with Gasteiger partial charge in [-0.25, -0.2) is 9.97 Å². The lowest BCUT2D eigenvalue weighted by Crippen LogP contribution is -2.07. The van der Waals surface area contributed by atoms with Crippen LogP contribution in [0.25, 0.3) is 11.4 Å². The Labute approximate surface area is 126 Å². The van der Waals surface area contributed by atoms with Gasteiger partial charge in [-0.3, -0.25) is 0 Å². The second-order valence-electron chi connectivity index (χ2n) is 4.48. The van der Waals surface area contributed by atoms with Gasteiger partial charge in [0.15, 0.2) is 11.6 Å². The monoisotopic (exact) mass is 300 g/mol. The first-order valence-corrected chi connectivity index (χ1v) is 6.77. The van der Waals surface area contributed by atoms with Gasteiger partial charge in [0.25, 0.3) is 0 Å². The van der Waals surface area contributed by atoms with Crippen LogP contribution >= 0.6 is 11.6 Å². The van der Waals surface area contributed by atoms with Gasteiger partial charge in [-0.1, -0.05) is 41.9 Å². The SMILES string of the molecule is Cn1cnnc1CNc1cc(Cl)nc(-c2ccccc2)n1. The number of hydrogen-bond donors (Lipinski definition) is 1. The molecule has 0 atom stereocenters. The van der Waals surface area contributed by atoms with Crippen molar-refractivity contribution in [3.8, 4) is 11.4 Å². The van der Waals surface area contributed by atoms with E-state index in [9.17, 15) is 0 Å². The molecule has 7 heteroatoms. The molecule has 0 saturated carbocycles. The van der Waals surface area contributed by atoms with Gasteiger partial charge >= 0.3 is 0 Å².